The Morgan fingerprint density at radius 1 is 1.73 bits per heavy atom. The number of nitrogens with zero attached hydrogens (tertiary/aromatic N) is 1. The average molecular weight is 230 g/mol. The van der Waals surface area contributed by atoms with Crippen LogP contribution in [-0.4, -0.2) is 22.8 Å². The van der Waals surface area contributed by atoms with Crippen molar-refractivity contribution in [2.24, 2.45) is 0 Å². The van der Waals surface area contributed by atoms with Gasteiger partial charge in [-0.15, -0.1) is 11.3 Å². The summed E-state index contributed by atoms with van der Waals surface area (Å²) in [7, 11) is 0. The fourth-order valence-electron chi connectivity index (χ4n) is 0.945. The number of carboxylic acid groups (broad SMARTS) is 1. The van der Waals surface area contributed by atoms with Crippen LogP contribution in [0.5, 0.6) is 0 Å². The predicted molar refractivity (Wildman–Crippen MR) is 58.3 cm³/mol. The largest absolute Gasteiger partial charge is 0.465 e. The average Bonchev–Trinajstić information content (AvgIpc) is 2.59. The summed E-state index contributed by atoms with van der Waals surface area (Å²) < 4.78 is 5.35. The molecule has 1 heterocycles. The maximum atomic E-state index is 10.3. The molecule has 1 rings (SSSR count). The molecule has 0 unspecified atom stereocenters. The number of ether oxygens (including phenoxy) is 1. The number of aromatic nitrogens is 1. The van der Waals surface area contributed by atoms with Crippen LogP contribution in [0.3, 0.4) is 0 Å². The van der Waals surface area contributed by atoms with E-state index < -0.39 is 6.09 Å². The fourth-order valence-corrected chi connectivity index (χ4v) is 1.63. The maximum absolute atomic E-state index is 10.3. The van der Waals surface area contributed by atoms with Crippen molar-refractivity contribution < 1.29 is 14.6 Å². The summed E-state index contributed by atoms with van der Waals surface area (Å²) >= 11 is 1.26. The molecule has 5 nitrogen and oxygen atoms in total. The molecule has 0 bridgehead atoms. The third-order valence-corrected chi connectivity index (χ3v) is 2.46. The van der Waals surface area contributed by atoms with Gasteiger partial charge in [-0.05, 0) is 6.42 Å². The lowest BCUT2D eigenvalue weighted by Crippen LogP contribution is -2.06. The first-order valence-electron chi connectivity index (χ1n) is 4.74. The molecular weight excluding hydrogens is 216 g/mol. The predicted octanol–water partition coefficient (Wildman–Crippen LogP) is 2.55. The second-order valence-electron chi connectivity index (χ2n) is 2.98. The number of anilines is 1. The van der Waals surface area contributed by atoms with Gasteiger partial charge in [0.15, 0.2) is 5.13 Å². The summed E-state index contributed by atoms with van der Waals surface area (Å²) in [5.74, 6) is 0. The Balaban J connectivity index is 2.29. The molecule has 2 N–H and O–H groups in total. The standard InChI is InChI=1S/C9H14N2O3S/c1-2-3-4-14-5-7-6-15-8(10-7)11-9(12)13/h6H,2-5H2,1H3,(H,10,11)(H,12,13). The van der Waals surface area contributed by atoms with Crippen LogP contribution in [0.2, 0.25) is 0 Å². The van der Waals surface area contributed by atoms with Gasteiger partial charge in [0.2, 0.25) is 0 Å². The Hall–Kier alpha value is -1.14. The molecule has 6 heteroatoms. The molecule has 0 saturated carbocycles. The van der Waals surface area contributed by atoms with E-state index >= 15 is 0 Å². The molecule has 0 aliphatic heterocycles. The summed E-state index contributed by atoms with van der Waals surface area (Å²) in [6.45, 7) is 3.26. The summed E-state index contributed by atoms with van der Waals surface area (Å²) in [6.07, 6.45) is 1.04. The zero-order chi connectivity index (χ0) is 11.1. The molecule has 84 valence electrons. The second-order valence-corrected chi connectivity index (χ2v) is 3.84. The van der Waals surface area contributed by atoms with Crippen LogP contribution in [0, 0.1) is 0 Å². The van der Waals surface area contributed by atoms with Gasteiger partial charge in [-0.1, -0.05) is 13.3 Å². The van der Waals surface area contributed by atoms with Crippen molar-refractivity contribution in [1.29, 1.82) is 0 Å². The highest BCUT2D eigenvalue weighted by Crippen LogP contribution is 2.15. The van der Waals surface area contributed by atoms with Crippen molar-refractivity contribution in [3.8, 4) is 0 Å². The first-order chi connectivity index (χ1) is 7.22. The van der Waals surface area contributed by atoms with Gasteiger partial charge in [-0.25, -0.2) is 9.78 Å². The van der Waals surface area contributed by atoms with E-state index in [-0.39, 0.29) is 0 Å². The van der Waals surface area contributed by atoms with Crippen LogP contribution >= 0.6 is 11.3 Å². The number of unbranched alkanes of at least 4 members (excludes halogenated alkanes) is 1. The lowest BCUT2D eigenvalue weighted by atomic mass is 10.4. The van der Waals surface area contributed by atoms with Crippen LogP contribution in [0.4, 0.5) is 9.93 Å². The molecule has 1 aromatic heterocycles. The molecular formula is C9H14N2O3S. The van der Waals surface area contributed by atoms with E-state index in [1.807, 2.05) is 0 Å². The zero-order valence-electron chi connectivity index (χ0n) is 8.52. The van der Waals surface area contributed by atoms with Crippen LogP contribution in [0.25, 0.3) is 0 Å². The molecule has 0 saturated heterocycles. The number of nitrogens with one attached hydrogen (secondary N) is 1. The van der Waals surface area contributed by atoms with Gasteiger partial charge in [-0.3, -0.25) is 5.32 Å². The van der Waals surface area contributed by atoms with Gasteiger partial charge in [0.25, 0.3) is 0 Å². The number of amides is 1. The van der Waals surface area contributed by atoms with Crippen molar-refractivity contribution in [3.05, 3.63) is 11.1 Å². The van der Waals surface area contributed by atoms with Gasteiger partial charge in [-0.2, -0.15) is 0 Å². The Labute approximate surface area is 92.1 Å². The number of hydrogen-bond donors (Lipinski definition) is 2. The van der Waals surface area contributed by atoms with Gasteiger partial charge in [0, 0.05) is 12.0 Å². The summed E-state index contributed by atoms with van der Waals surface area (Å²) in [5.41, 5.74) is 0.764. The quantitative estimate of drug-likeness (QED) is 0.737. The van der Waals surface area contributed by atoms with Crippen LogP contribution in [0.15, 0.2) is 5.38 Å². The molecule has 0 fully saturated rings. The molecule has 0 radical (unpaired) electrons. The van der Waals surface area contributed by atoms with Gasteiger partial charge >= 0.3 is 6.09 Å². The number of hydrogen-bond acceptors (Lipinski definition) is 4. The molecule has 0 spiro atoms. The monoisotopic (exact) mass is 230 g/mol. The van der Waals surface area contributed by atoms with Crippen molar-refractivity contribution in [1.82, 2.24) is 4.98 Å². The van der Waals surface area contributed by atoms with E-state index in [0.29, 0.717) is 11.7 Å². The fraction of sp³-hybridized carbons (Fsp3) is 0.556. The molecule has 1 aromatic rings. The normalized spacial score (nSPS) is 10.2. The molecule has 0 aliphatic carbocycles. The topological polar surface area (TPSA) is 71.5 Å². The molecule has 15 heavy (non-hydrogen) atoms. The van der Waals surface area contributed by atoms with E-state index in [9.17, 15) is 4.79 Å². The minimum Gasteiger partial charge on any atom is -0.465 e. The SMILES string of the molecule is CCCCOCc1csc(NC(=O)O)n1. The van der Waals surface area contributed by atoms with E-state index in [2.05, 4.69) is 17.2 Å². The Morgan fingerprint density at radius 3 is 3.20 bits per heavy atom. The Bertz CT molecular complexity index is 314. The highest BCUT2D eigenvalue weighted by Gasteiger charge is 2.04. The van der Waals surface area contributed by atoms with Crippen molar-refractivity contribution in [2.45, 2.75) is 26.4 Å². The van der Waals surface area contributed by atoms with Crippen molar-refractivity contribution in [3.63, 3.8) is 0 Å². The van der Waals surface area contributed by atoms with Gasteiger partial charge in [0.1, 0.15) is 0 Å². The van der Waals surface area contributed by atoms with E-state index in [0.717, 1.165) is 25.1 Å². The number of thiazole rings is 1. The lowest BCUT2D eigenvalue weighted by molar-refractivity contribution is 0.116. The van der Waals surface area contributed by atoms with Crippen LogP contribution in [0.1, 0.15) is 25.5 Å². The molecule has 0 atom stereocenters. The van der Waals surface area contributed by atoms with Gasteiger partial charge < -0.3 is 9.84 Å². The zero-order valence-corrected chi connectivity index (χ0v) is 9.34. The lowest BCUT2D eigenvalue weighted by Gasteiger charge is -1.99. The van der Waals surface area contributed by atoms with E-state index in [4.69, 9.17) is 9.84 Å². The minimum absolute atomic E-state index is 0.386. The van der Waals surface area contributed by atoms with Crippen LogP contribution < -0.4 is 5.32 Å². The van der Waals surface area contributed by atoms with E-state index in [1.54, 1.807) is 5.38 Å². The Morgan fingerprint density at radius 2 is 2.53 bits per heavy atom. The maximum Gasteiger partial charge on any atom is 0.410 e. The smallest absolute Gasteiger partial charge is 0.410 e. The minimum atomic E-state index is -1.09. The highest BCUT2D eigenvalue weighted by molar-refractivity contribution is 7.13. The first-order valence-corrected chi connectivity index (χ1v) is 5.62. The van der Waals surface area contributed by atoms with Crippen LogP contribution in [-0.2, 0) is 11.3 Å². The number of carbonyl (C=O) groups is 1. The second kappa shape index (κ2) is 6.36. The summed E-state index contributed by atoms with van der Waals surface area (Å²) in [6, 6.07) is 0. The van der Waals surface area contributed by atoms with Crippen molar-refractivity contribution in [2.75, 3.05) is 11.9 Å². The third-order valence-electron chi connectivity index (χ3n) is 1.66. The summed E-state index contributed by atoms with van der Waals surface area (Å²) in [5, 5.41) is 12.8. The summed E-state index contributed by atoms with van der Waals surface area (Å²) in [4.78, 5) is 14.4. The molecule has 0 aromatic carbocycles. The molecule has 0 aliphatic rings. The first kappa shape index (κ1) is 11.9. The van der Waals surface area contributed by atoms with E-state index in [1.165, 1.54) is 11.3 Å². The number of rotatable bonds is 6. The van der Waals surface area contributed by atoms with Gasteiger partial charge in [0.05, 0.1) is 12.3 Å². The molecule has 1 amide bonds. The van der Waals surface area contributed by atoms with Crippen molar-refractivity contribution >= 4 is 22.6 Å². The third kappa shape index (κ3) is 4.75. The highest BCUT2D eigenvalue weighted by atomic mass is 32.1. The Kier molecular flexibility index (Phi) is 5.06.